The molecule has 0 aromatic carbocycles. The molecule has 0 saturated carbocycles. The van der Waals surface area contributed by atoms with Crippen LogP contribution in [0.15, 0.2) is 11.1 Å². The Hall–Kier alpha value is -0.203. The molecule has 4 atom stereocenters. The van der Waals surface area contributed by atoms with Crippen molar-refractivity contribution in [1.29, 1.82) is 0 Å². The molecule has 26 heavy (non-hydrogen) atoms. The summed E-state index contributed by atoms with van der Waals surface area (Å²) in [5, 5.41) is 21.9. The summed E-state index contributed by atoms with van der Waals surface area (Å²) in [6.07, 6.45) is -1.17. The molecule has 0 aromatic rings. The molecule has 2 N–H and O–H groups in total. The maximum Gasteiger partial charge on any atom is 0.192 e. The largest absolute Gasteiger partial charge is 0.413 e. The van der Waals surface area contributed by atoms with Gasteiger partial charge in [-0.3, -0.25) is 0 Å². The van der Waals surface area contributed by atoms with Gasteiger partial charge in [0.15, 0.2) is 8.32 Å². The molecule has 0 amide bonds. The third kappa shape index (κ3) is 5.90. The van der Waals surface area contributed by atoms with E-state index in [1.807, 2.05) is 34.6 Å². The molecule has 0 aliphatic heterocycles. The fourth-order valence-corrected chi connectivity index (χ4v) is 6.70. The van der Waals surface area contributed by atoms with Gasteiger partial charge in [-0.2, -0.15) is 0 Å². The maximum absolute atomic E-state index is 11.0. The van der Waals surface area contributed by atoms with Crippen molar-refractivity contribution in [2.75, 3.05) is 7.11 Å². The zero-order valence-corrected chi connectivity index (χ0v) is 19.8. The number of hydrogen-bond acceptors (Lipinski definition) is 4. The lowest BCUT2D eigenvalue weighted by molar-refractivity contribution is -0.0880. The topological polar surface area (TPSA) is 58.9 Å². The Bertz CT molecular complexity index is 435. The summed E-state index contributed by atoms with van der Waals surface area (Å²) >= 11 is 0. The van der Waals surface area contributed by atoms with Crippen LogP contribution >= 0.6 is 0 Å². The van der Waals surface area contributed by atoms with E-state index in [4.69, 9.17) is 9.16 Å². The maximum atomic E-state index is 11.0. The van der Waals surface area contributed by atoms with Gasteiger partial charge < -0.3 is 19.4 Å². The van der Waals surface area contributed by atoms with Crippen LogP contribution in [0.1, 0.15) is 68.7 Å². The smallest absolute Gasteiger partial charge is 0.192 e. The van der Waals surface area contributed by atoms with Gasteiger partial charge in [0.05, 0.1) is 18.3 Å². The molecule has 0 saturated heterocycles. The molecular weight excluding hydrogens is 344 g/mol. The summed E-state index contributed by atoms with van der Waals surface area (Å²) in [5.74, 6) is 0. The van der Waals surface area contributed by atoms with Gasteiger partial charge in [-0.15, -0.1) is 0 Å². The van der Waals surface area contributed by atoms with E-state index in [0.717, 1.165) is 35.7 Å². The Kier molecular flexibility index (Phi) is 10.9. The number of hydrogen-bond donors (Lipinski definition) is 2. The molecule has 4 nitrogen and oxygen atoms in total. The first-order valence-corrected chi connectivity index (χ1v) is 12.7. The first-order valence-electron chi connectivity index (χ1n) is 10.2. The van der Waals surface area contributed by atoms with Crippen molar-refractivity contribution in [3.05, 3.63) is 11.1 Å². The molecular formula is C21H44O4Si. The molecule has 156 valence electrons. The van der Waals surface area contributed by atoms with E-state index in [2.05, 4.69) is 27.7 Å². The van der Waals surface area contributed by atoms with Gasteiger partial charge in [-0.05, 0) is 56.5 Å². The number of aliphatic hydroxyl groups excluding tert-OH is 2. The van der Waals surface area contributed by atoms with Crippen LogP contribution in [0, 0.1) is 5.41 Å². The van der Waals surface area contributed by atoms with Crippen molar-refractivity contribution in [2.45, 2.75) is 111 Å². The second kappa shape index (κ2) is 11.0. The first kappa shape index (κ1) is 25.8. The summed E-state index contributed by atoms with van der Waals surface area (Å²) in [5.41, 5.74) is 1.19. The molecule has 0 heterocycles. The van der Waals surface area contributed by atoms with Gasteiger partial charge in [-0.25, -0.2) is 0 Å². The molecule has 0 aliphatic carbocycles. The van der Waals surface area contributed by atoms with Crippen LogP contribution in [-0.4, -0.2) is 50.1 Å². The highest BCUT2D eigenvalue weighted by molar-refractivity contribution is 6.73. The zero-order valence-electron chi connectivity index (χ0n) is 18.8. The van der Waals surface area contributed by atoms with E-state index < -0.39 is 25.9 Å². The minimum Gasteiger partial charge on any atom is -0.413 e. The summed E-state index contributed by atoms with van der Waals surface area (Å²) in [6.45, 7) is 18.5. The monoisotopic (exact) mass is 388 g/mol. The third-order valence-electron chi connectivity index (χ3n) is 6.62. The summed E-state index contributed by atoms with van der Waals surface area (Å²) < 4.78 is 12.1. The fourth-order valence-electron chi connectivity index (χ4n) is 3.63. The minimum absolute atomic E-state index is 0.0772. The number of aliphatic hydroxyl groups is 2. The van der Waals surface area contributed by atoms with Gasteiger partial charge in [0.2, 0.25) is 0 Å². The van der Waals surface area contributed by atoms with Gasteiger partial charge in [0.1, 0.15) is 6.10 Å². The van der Waals surface area contributed by atoms with Crippen molar-refractivity contribution in [3.63, 3.8) is 0 Å². The van der Waals surface area contributed by atoms with Crippen LogP contribution in [0.3, 0.4) is 0 Å². The van der Waals surface area contributed by atoms with Gasteiger partial charge in [0, 0.05) is 12.5 Å². The highest BCUT2D eigenvalue weighted by atomic mass is 28.4. The summed E-state index contributed by atoms with van der Waals surface area (Å²) in [7, 11) is -0.137. The van der Waals surface area contributed by atoms with Gasteiger partial charge in [0.25, 0.3) is 0 Å². The molecule has 0 aromatic heterocycles. The Morgan fingerprint density at radius 1 is 0.962 bits per heavy atom. The second-order valence-electron chi connectivity index (χ2n) is 8.21. The molecule has 0 radical (unpaired) electrons. The average Bonchev–Trinajstić information content (AvgIpc) is 2.66. The van der Waals surface area contributed by atoms with Crippen molar-refractivity contribution in [3.8, 4) is 0 Å². The third-order valence-corrected chi connectivity index (χ3v) is 11.3. The summed E-state index contributed by atoms with van der Waals surface area (Å²) in [4.78, 5) is 0. The quantitative estimate of drug-likeness (QED) is 0.368. The lowest BCUT2D eigenvalue weighted by Crippen LogP contribution is -2.52. The predicted molar refractivity (Wildman–Crippen MR) is 113 cm³/mol. The normalized spacial score (nSPS) is 18.9. The Balaban J connectivity index is 5.61. The number of ether oxygens (including phenoxy) is 1. The van der Waals surface area contributed by atoms with E-state index in [9.17, 15) is 10.2 Å². The SMILES string of the molecule is CCC(O[Si](CC)(CC)CC)C(C)(C)[C@@H](O)[C@@H](O)/C(C)=C(\C)C(C)OC. The van der Waals surface area contributed by atoms with Crippen LogP contribution in [0.25, 0.3) is 0 Å². The van der Waals surface area contributed by atoms with Crippen molar-refractivity contribution in [1.82, 2.24) is 0 Å². The summed E-state index contributed by atoms with van der Waals surface area (Å²) in [6, 6.07) is 3.23. The van der Waals surface area contributed by atoms with Crippen LogP contribution in [-0.2, 0) is 9.16 Å². The van der Waals surface area contributed by atoms with Crippen molar-refractivity contribution in [2.24, 2.45) is 5.41 Å². The highest BCUT2D eigenvalue weighted by Gasteiger charge is 2.44. The Morgan fingerprint density at radius 3 is 1.77 bits per heavy atom. The molecule has 2 unspecified atom stereocenters. The average molecular weight is 389 g/mol. The predicted octanol–water partition coefficient (Wildman–Crippen LogP) is 4.91. The molecule has 0 rings (SSSR count). The molecule has 0 bridgehead atoms. The number of rotatable bonds is 12. The van der Waals surface area contributed by atoms with E-state index in [1.165, 1.54) is 0 Å². The lowest BCUT2D eigenvalue weighted by Gasteiger charge is -2.44. The lowest BCUT2D eigenvalue weighted by atomic mass is 9.75. The van der Waals surface area contributed by atoms with E-state index in [0.29, 0.717) is 0 Å². The molecule has 0 spiro atoms. The first-order chi connectivity index (χ1) is 12.0. The Labute approximate surface area is 163 Å². The standard InChI is InChI=1S/C21H44O4Si/c1-11-18(25-26(12-2,13-3)14-4)21(8,9)20(23)19(22)16(6)15(5)17(7)24-10/h17-20,22-23H,11-14H2,1-10H3/b16-15+/t17?,18?,19-,20-/m0/s1. The van der Waals surface area contributed by atoms with E-state index in [1.54, 1.807) is 7.11 Å². The van der Waals surface area contributed by atoms with Gasteiger partial charge in [-0.1, -0.05) is 41.5 Å². The van der Waals surface area contributed by atoms with E-state index in [-0.39, 0.29) is 12.2 Å². The molecule has 5 heteroatoms. The van der Waals surface area contributed by atoms with Gasteiger partial charge >= 0.3 is 0 Å². The van der Waals surface area contributed by atoms with Crippen molar-refractivity contribution >= 4 is 8.32 Å². The zero-order chi connectivity index (χ0) is 20.7. The number of methoxy groups -OCH3 is 1. The van der Waals surface area contributed by atoms with Crippen LogP contribution in [0.2, 0.25) is 18.1 Å². The second-order valence-corrected chi connectivity index (χ2v) is 12.9. The van der Waals surface area contributed by atoms with Crippen LogP contribution in [0.5, 0.6) is 0 Å². The van der Waals surface area contributed by atoms with E-state index >= 15 is 0 Å². The molecule has 0 fully saturated rings. The van der Waals surface area contributed by atoms with Crippen LogP contribution in [0.4, 0.5) is 0 Å². The molecule has 0 aliphatic rings. The Morgan fingerprint density at radius 2 is 1.42 bits per heavy atom. The van der Waals surface area contributed by atoms with Crippen LogP contribution < -0.4 is 0 Å². The highest BCUT2D eigenvalue weighted by Crippen LogP contribution is 2.37. The van der Waals surface area contributed by atoms with Crippen molar-refractivity contribution < 1.29 is 19.4 Å². The fraction of sp³-hybridized carbons (Fsp3) is 0.905. The minimum atomic E-state index is -1.79.